The van der Waals surface area contributed by atoms with E-state index in [1.54, 1.807) is 13.3 Å². The van der Waals surface area contributed by atoms with Gasteiger partial charge in [-0.15, -0.1) is 0 Å². The van der Waals surface area contributed by atoms with Gasteiger partial charge in [-0.05, 0) is 37.5 Å². The lowest BCUT2D eigenvalue weighted by atomic mass is 9.92. The molecule has 0 fully saturated rings. The molecule has 1 atom stereocenters. The molecular weight excluding hydrogens is 324 g/mol. The Morgan fingerprint density at radius 1 is 1.15 bits per heavy atom. The van der Waals surface area contributed by atoms with Crippen LogP contribution < -0.4 is 10.1 Å². The summed E-state index contributed by atoms with van der Waals surface area (Å²) in [5.41, 5.74) is 4.47. The lowest BCUT2D eigenvalue weighted by molar-refractivity contribution is 0.400. The molecule has 3 aromatic rings. The summed E-state index contributed by atoms with van der Waals surface area (Å²) in [6.45, 7) is 0.762. The minimum Gasteiger partial charge on any atom is -0.496 e. The fraction of sp³-hybridized carbons (Fsp3) is 0.286. The summed E-state index contributed by atoms with van der Waals surface area (Å²) < 4.78 is 5.45. The summed E-state index contributed by atoms with van der Waals surface area (Å²) in [7, 11) is 1.71. The number of methoxy groups -OCH3 is 1. The zero-order valence-corrected chi connectivity index (χ0v) is 14.9. The fourth-order valence-electron chi connectivity index (χ4n) is 3.48. The predicted octanol–water partition coefficient (Wildman–Crippen LogP) is 3.71. The smallest absolute Gasteiger partial charge is 0.160 e. The largest absolute Gasteiger partial charge is 0.496 e. The van der Waals surface area contributed by atoms with E-state index in [0.29, 0.717) is 0 Å². The highest BCUT2D eigenvalue weighted by atomic mass is 16.5. The van der Waals surface area contributed by atoms with Gasteiger partial charge < -0.3 is 10.1 Å². The van der Waals surface area contributed by atoms with Crippen molar-refractivity contribution < 1.29 is 4.74 Å². The lowest BCUT2D eigenvalue weighted by Crippen LogP contribution is -2.26. The molecule has 1 N–H and O–H groups in total. The highest BCUT2D eigenvalue weighted by Crippen LogP contribution is 2.30. The second kappa shape index (κ2) is 7.62. The Balaban J connectivity index is 1.54. The van der Waals surface area contributed by atoms with Gasteiger partial charge in [0, 0.05) is 53.6 Å². The van der Waals surface area contributed by atoms with E-state index in [4.69, 9.17) is 9.72 Å². The number of pyridine rings is 1. The van der Waals surface area contributed by atoms with Crippen LogP contribution in [0.15, 0.2) is 55.0 Å². The first-order valence-corrected chi connectivity index (χ1v) is 8.96. The van der Waals surface area contributed by atoms with Crippen LogP contribution in [0.5, 0.6) is 5.75 Å². The van der Waals surface area contributed by atoms with Crippen LogP contribution in [0.3, 0.4) is 0 Å². The van der Waals surface area contributed by atoms with Crippen molar-refractivity contribution >= 4 is 0 Å². The lowest BCUT2D eigenvalue weighted by Gasteiger charge is -2.26. The number of para-hydroxylation sites is 1. The van der Waals surface area contributed by atoms with Crippen LogP contribution in [-0.4, -0.2) is 22.1 Å². The number of aromatic nitrogens is 3. The minimum atomic E-state index is 0.270. The van der Waals surface area contributed by atoms with Crippen molar-refractivity contribution in [3.8, 4) is 17.1 Å². The van der Waals surface area contributed by atoms with Crippen molar-refractivity contribution in [1.29, 1.82) is 0 Å². The number of benzene rings is 1. The van der Waals surface area contributed by atoms with E-state index in [1.807, 2.05) is 42.7 Å². The molecule has 26 heavy (non-hydrogen) atoms. The third-order valence-corrected chi connectivity index (χ3v) is 4.83. The highest BCUT2D eigenvalue weighted by Gasteiger charge is 2.22. The summed E-state index contributed by atoms with van der Waals surface area (Å²) in [4.78, 5) is 13.6. The quantitative estimate of drug-likeness (QED) is 0.763. The van der Waals surface area contributed by atoms with Crippen LogP contribution in [-0.2, 0) is 13.0 Å². The SMILES string of the molecule is COc1ccccc1CN[C@H]1CCCc2nc(-c3cccnc3)ncc21. The van der Waals surface area contributed by atoms with Crippen LogP contribution in [0, 0.1) is 0 Å². The summed E-state index contributed by atoms with van der Waals surface area (Å²) in [6, 6.07) is 12.3. The van der Waals surface area contributed by atoms with Crippen molar-refractivity contribution in [3.63, 3.8) is 0 Å². The summed E-state index contributed by atoms with van der Waals surface area (Å²) in [6.07, 6.45) is 8.77. The number of fused-ring (bicyclic) bond motifs is 1. The molecule has 1 aliphatic carbocycles. The third kappa shape index (κ3) is 3.44. The molecular formula is C21H22N4O. The first kappa shape index (κ1) is 16.7. The van der Waals surface area contributed by atoms with E-state index >= 15 is 0 Å². The molecule has 0 radical (unpaired) electrons. The van der Waals surface area contributed by atoms with Gasteiger partial charge in [-0.25, -0.2) is 9.97 Å². The molecule has 0 saturated carbocycles. The van der Waals surface area contributed by atoms with Crippen molar-refractivity contribution in [2.75, 3.05) is 7.11 Å². The normalized spacial score (nSPS) is 16.1. The van der Waals surface area contributed by atoms with Crippen LogP contribution in [0.2, 0.25) is 0 Å². The number of rotatable bonds is 5. The average Bonchev–Trinajstić information content (AvgIpc) is 2.72. The predicted molar refractivity (Wildman–Crippen MR) is 101 cm³/mol. The Morgan fingerprint density at radius 2 is 2.08 bits per heavy atom. The number of ether oxygens (including phenoxy) is 1. The molecule has 1 aromatic carbocycles. The fourth-order valence-corrected chi connectivity index (χ4v) is 3.48. The zero-order chi connectivity index (χ0) is 17.8. The van der Waals surface area contributed by atoms with Gasteiger partial charge in [0.2, 0.25) is 0 Å². The van der Waals surface area contributed by atoms with Crippen molar-refractivity contribution in [1.82, 2.24) is 20.3 Å². The van der Waals surface area contributed by atoms with Gasteiger partial charge >= 0.3 is 0 Å². The van der Waals surface area contributed by atoms with Gasteiger partial charge in [0.15, 0.2) is 5.82 Å². The third-order valence-electron chi connectivity index (χ3n) is 4.83. The van der Waals surface area contributed by atoms with Crippen LogP contribution in [0.4, 0.5) is 0 Å². The molecule has 1 aliphatic rings. The number of nitrogens with zero attached hydrogens (tertiary/aromatic N) is 3. The average molecular weight is 346 g/mol. The van der Waals surface area contributed by atoms with E-state index in [-0.39, 0.29) is 6.04 Å². The Kier molecular flexibility index (Phi) is 4.88. The van der Waals surface area contributed by atoms with Gasteiger partial charge in [0.25, 0.3) is 0 Å². The second-order valence-corrected chi connectivity index (χ2v) is 6.47. The molecule has 5 nitrogen and oxygen atoms in total. The summed E-state index contributed by atoms with van der Waals surface area (Å²) >= 11 is 0. The van der Waals surface area contributed by atoms with Crippen molar-refractivity contribution in [3.05, 3.63) is 71.8 Å². The van der Waals surface area contributed by atoms with Gasteiger partial charge in [-0.1, -0.05) is 18.2 Å². The molecule has 132 valence electrons. The molecule has 4 rings (SSSR count). The van der Waals surface area contributed by atoms with E-state index in [1.165, 1.54) is 5.56 Å². The monoisotopic (exact) mass is 346 g/mol. The Hall–Kier alpha value is -2.79. The number of nitrogens with one attached hydrogen (secondary N) is 1. The molecule has 0 unspecified atom stereocenters. The Labute approximate surface area is 153 Å². The molecule has 0 amide bonds. The Morgan fingerprint density at radius 3 is 2.92 bits per heavy atom. The summed E-state index contributed by atoms with van der Waals surface area (Å²) in [5.74, 6) is 1.67. The van der Waals surface area contributed by atoms with Crippen LogP contribution >= 0.6 is 0 Å². The van der Waals surface area contributed by atoms with Crippen LogP contribution in [0.25, 0.3) is 11.4 Å². The highest BCUT2D eigenvalue weighted by molar-refractivity contribution is 5.53. The molecule has 0 saturated heterocycles. The minimum absolute atomic E-state index is 0.270. The molecule has 0 spiro atoms. The maximum absolute atomic E-state index is 5.45. The first-order chi connectivity index (χ1) is 12.8. The Bertz CT molecular complexity index is 882. The summed E-state index contributed by atoms with van der Waals surface area (Å²) in [5, 5.41) is 3.66. The number of hydrogen-bond donors (Lipinski definition) is 1. The molecule has 0 aliphatic heterocycles. The zero-order valence-electron chi connectivity index (χ0n) is 14.9. The topological polar surface area (TPSA) is 59.9 Å². The van der Waals surface area contributed by atoms with Crippen molar-refractivity contribution in [2.45, 2.75) is 31.8 Å². The molecule has 2 aromatic heterocycles. The standard InChI is InChI=1S/C21H22N4O/c1-26-20-10-3-2-6-15(20)13-23-18-8-4-9-19-17(18)14-24-21(25-19)16-7-5-11-22-12-16/h2-3,5-7,10-12,14,18,23H,4,8-9,13H2,1H3/t18-/m0/s1. The van der Waals surface area contributed by atoms with Gasteiger partial charge in [-0.2, -0.15) is 0 Å². The van der Waals surface area contributed by atoms with Crippen molar-refractivity contribution in [2.24, 2.45) is 0 Å². The number of hydrogen-bond acceptors (Lipinski definition) is 5. The van der Waals surface area contributed by atoms with E-state index in [2.05, 4.69) is 21.4 Å². The van der Waals surface area contributed by atoms with E-state index in [9.17, 15) is 0 Å². The molecule has 2 heterocycles. The maximum atomic E-state index is 5.45. The molecule has 5 heteroatoms. The van der Waals surface area contributed by atoms with E-state index < -0.39 is 0 Å². The first-order valence-electron chi connectivity index (χ1n) is 8.96. The maximum Gasteiger partial charge on any atom is 0.160 e. The molecule has 0 bridgehead atoms. The van der Waals surface area contributed by atoms with Gasteiger partial charge in [-0.3, -0.25) is 4.98 Å². The van der Waals surface area contributed by atoms with Crippen LogP contribution in [0.1, 0.15) is 35.7 Å². The van der Waals surface area contributed by atoms with Gasteiger partial charge in [0.05, 0.1) is 7.11 Å². The second-order valence-electron chi connectivity index (χ2n) is 6.47. The number of aryl methyl sites for hydroxylation is 1. The van der Waals surface area contributed by atoms with Gasteiger partial charge in [0.1, 0.15) is 5.75 Å². The van der Waals surface area contributed by atoms with E-state index in [0.717, 1.165) is 54.2 Å².